The number of hydrazone groups is 1. The van der Waals surface area contributed by atoms with Gasteiger partial charge in [0.1, 0.15) is 0 Å². The fraction of sp³-hybridized carbons (Fsp3) is 0. The maximum atomic E-state index is 11.0. The number of benzene rings is 3. The maximum Gasteiger partial charge on any atom is 0.337 e. The molecule has 2 N–H and O–H groups in total. The van der Waals surface area contributed by atoms with Crippen LogP contribution in [-0.4, -0.2) is 17.3 Å². The van der Waals surface area contributed by atoms with Crippen LogP contribution in [0.1, 0.15) is 15.9 Å². The molecule has 0 saturated heterocycles. The summed E-state index contributed by atoms with van der Waals surface area (Å²) in [6.07, 6.45) is 1.73. The first-order valence-electron chi connectivity index (χ1n) is 7.61. The van der Waals surface area contributed by atoms with E-state index in [0.29, 0.717) is 0 Å². The highest BCUT2D eigenvalue weighted by Crippen LogP contribution is 2.26. The lowest BCUT2D eigenvalue weighted by atomic mass is 10.0. The van der Waals surface area contributed by atoms with Crippen molar-refractivity contribution in [3.05, 3.63) is 88.9 Å². The van der Waals surface area contributed by atoms with E-state index in [2.05, 4.69) is 10.5 Å². The summed E-state index contributed by atoms with van der Waals surface area (Å²) in [7, 11) is 0. The molecular weight excluding hydrogens is 336 g/mol. The molecule has 0 radical (unpaired) electrons. The van der Waals surface area contributed by atoms with Crippen LogP contribution >= 0.6 is 11.6 Å². The summed E-state index contributed by atoms with van der Waals surface area (Å²) in [5, 5.41) is 13.4. The average molecular weight is 351 g/mol. The number of aromatic carboxylic acids is 1. The van der Waals surface area contributed by atoms with Crippen molar-refractivity contribution in [2.24, 2.45) is 5.10 Å². The molecule has 0 heterocycles. The summed E-state index contributed by atoms with van der Waals surface area (Å²) >= 11 is 6.02. The van der Waals surface area contributed by atoms with E-state index in [0.717, 1.165) is 22.4 Å². The molecule has 0 atom stereocenters. The van der Waals surface area contributed by atoms with E-state index >= 15 is 0 Å². The van der Waals surface area contributed by atoms with Crippen molar-refractivity contribution in [2.45, 2.75) is 0 Å². The van der Waals surface area contributed by atoms with Gasteiger partial charge in [0.15, 0.2) is 0 Å². The number of anilines is 1. The molecule has 0 fully saturated rings. The van der Waals surface area contributed by atoms with E-state index in [1.807, 2.05) is 54.6 Å². The van der Waals surface area contributed by atoms with Crippen molar-refractivity contribution in [3.63, 3.8) is 0 Å². The molecule has 3 aromatic rings. The largest absolute Gasteiger partial charge is 0.478 e. The number of carbonyl (C=O) groups is 1. The van der Waals surface area contributed by atoms with Gasteiger partial charge in [0.2, 0.25) is 0 Å². The van der Waals surface area contributed by atoms with Crippen molar-refractivity contribution in [1.29, 1.82) is 0 Å². The van der Waals surface area contributed by atoms with Crippen LogP contribution in [0, 0.1) is 0 Å². The fourth-order valence-corrected chi connectivity index (χ4v) is 2.59. The van der Waals surface area contributed by atoms with E-state index in [1.165, 1.54) is 6.07 Å². The van der Waals surface area contributed by atoms with Crippen molar-refractivity contribution >= 4 is 29.5 Å². The summed E-state index contributed by atoms with van der Waals surface area (Å²) in [5.41, 5.74) is 6.74. The summed E-state index contributed by atoms with van der Waals surface area (Å²) in [4.78, 5) is 11.0. The Morgan fingerprint density at radius 2 is 1.64 bits per heavy atom. The normalized spacial score (nSPS) is 10.8. The second-order valence-corrected chi connectivity index (χ2v) is 5.77. The Morgan fingerprint density at radius 3 is 2.28 bits per heavy atom. The van der Waals surface area contributed by atoms with Gasteiger partial charge in [0.25, 0.3) is 0 Å². The second kappa shape index (κ2) is 7.64. The Balaban J connectivity index is 1.72. The van der Waals surface area contributed by atoms with Crippen LogP contribution in [0.15, 0.2) is 77.9 Å². The van der Waals surface area contributed by atoms with Crippen LogP contribution in [0.5, 0.6) is 0 Å². The highest BCUT2D eigenvalue weighted by atomic mass is 35.5. The summed E-state index contributed by atoms with van der Waals surface area (Å²) in [5.74, 6) is -1.03. The molecule has 0 aromatic heterocycles. The molecule has 0 amide bonds. The van der Waals surface area contributed by atoms with Gasteiger partial charge in [-0.15, -0.1) is 0 Å². The average Bonchev–Trinajstić information content (AvgIpc) is 2.63. The zero-order chi connectivity index (χ0) is 17.6. The molecule has 3 rings (SSSR count). The third-order valence-corrected chi connectivity index (χ3v) is 3.94. The number of hydrogen-bond acceptors (Lipinski definition) is 3. The smallest absolute Gasteiger partial charge is 0.337 e. The number of carboxylic acid groups (broad SMARTS) is 1. The standard InChI is InChI=1S/C20H15ClN2O2/c21-19-12-16(10-11-18(19)20(24)25)15-8-6-14(7-9-15)13-22-23-17-4-2-1-3-5-17/h1-13,23H,(H,24,25). The van der Waals surface area contributed by atoms with Gasteiger partial charge < -0.3 is 5.11 Å². The van der Waals surface area contributed by atoms with Crippen molar-refractivity contribution in [1.82, 2.24) is 0 Å². The van der Waals surface area contributed by atoms with Gasteiger partial charge in [-0.3, -0.25) is 5.43 Å². The predicted molar refractivity (Wildman–Crippen MR) is 102 cm³/mol. The molecule has 0 unspecified atom stereocenters. The number of rotatable bonds is 5. The van der Waals surface area contributed by atoms with Gasteiger partial charge >= 0.3 is 5.97 Å². The molecule has 25 heavy (non-hydrogen) atoms. The molecule has 0 aliphatic carbocycles. The number of para-hydroxylation sites is 1. The SMILES string of the molecule is O=C(O)c1ccc(-c2ccc(C=NNc3ccccc3)cc2)cc1Cl. The molecule has 0 aliphatic rings. The third kappa shape index (κ3) is 4.25. The Morgan fingerprint density at radius 1 is 0.960 bits per heavy atom. The minimum absolute atomic E-state index is 0.0983. The van der Waals surface area contributed by atoms with E-state index in [9.17, 15) is 4.79 Å². The van der Waals surface area contributed by atoms with Crippen LogP contribution in [0.3, 0.4) is 0 Å². The lowest BCUT2D eigenvalue weighted by Crippen LogP contribution is -1.97. The van der Waals surface area contributed by atoms with Crippen LogP contribution in [-0.2, 0) is 0 Å². The Bertz CT molecular complexity index is 907. The van der Waals surface area contributed by atoms with Crippen molar-refractivity contribution < 1.29 is 9.90 Å². The minimum Gasteiger partial charge on any atom is -0.478 e. The molecular formula is C20H15ClN2O2. The number of carboxylic acids is 1. The van der Waals surface area contributed by atoms with Gasteiger partial charge in [0.05, 0.1) is 22.5 Å². The maximum absolute atomic E-state index is 11.0. The van der Waals surface area contributed by atoms with E-state index in [1.54, 1.807) is 18.3 Å². The van der Waals surface area contributed by atoms with Crippen LogP contribution in [0.25, 0.3) is 11.1 Å². The molecule has 5 heteroatoms. The Labute approximate surface area is 150 Å². The number of hydrogen-bond donors (Lipinski definition) is 2. The number of nitrogens with one attached hydrogen (secondary N) is 1. The van der Waals surface area contributed by atoms with Gasteiger partial charge in [-0.2, -0.15) is 5.10 Å². The number of nitrogens with zero attached hydrogens (tertiary/aromatic N) is 1. The van der Waals surface area contributed by atoms with Crippen LogP contribution in [0.4, 0.5) is 5.69 Å². The quantitative estimate of drug-likeness (QED) is 0.494. The second-order valence-electron chi connectivity index (χ2n) is 5.36. The molecule has 0 saturated carbocycles. The van der Waals surface area contributed by atoms with Crippen LogP contribution < -0.4 is 5.43 Å². The fourth-order valence-electron chi connectivity index (χ4n) is 2.32. The highest BCUT2D eigenvalue weighted by Gasteiger charge is 2.09. The zero-order valence-corrected chi connectivity index (χ0v) is 13.9. The first-order valence-corrected chi connectivity index (χ1v) is 7.99. The van der Waals surface area contributed by atoms with E-state index in [4.69, 9.17) is 16.7 Å². The first-order chi connectivity index (χ1) is 12.1. The van der Waals surface area contributed by atoms with E-state index in [-0.39, 0.29) is 10.6 Å². The van der Waals surface area contributed by atoms with Gasteiger partial charge in [-0.25, -0.2) is 4.79 Å². The molecule has 0 aliphatic heterocycles. The Hall–Kier alpha value is -3.11. The van der Waals surface area contributed by atoms with Crippen molar-refractivity contribution in [3.8, 4) is 11.1 Å². The topological polar surface area (TPSA) is 61.7 Å². The summed E-state index contributed by atoms with van der Waals surface area (Å²) in [6.45, 7) is 0. The first kappa shape index (κ1) is 16.7. The molecule has 0 spiro atoms. The molecule has 124 valence electrons. The van der Waals surface area contributed by atoms with E-state index < -0.39 is 5.97 Å². The highest BCUT2D eigenvalue weighted by molar-refractivity contribution is 6.33. The van der Waals surface area contributed by atoms with Gasteiger partial charge in [0, 0.05) is 0 Å². The minimum atomic E-state index is -1.03. The number of halogens is 1. The lowest BCUT2D eigenvalue weighted by molar-refractivity contribution is 0.0697. The van der Waals surface area contributed by atoms with Crippen LogP contribution in [0.2, 0.25) is 5.02 Å². The zero-order valence-electron chi connectivity index (χ0n) is 13.2. The third-order valence-electron chi connectivity index (χ3n) is 3.62. The molecule has 0 bridgehead atoms. The Kier molecular flexibility index (Phi) is 5.11. The van der Waals surface area contributed by atoms with Crippen molar-refractivity contribution in [2.75, 3.05) is 5.43 Å². The predicted octanol–water partition coefficient (Wildman–Crippen LogP) is 5.15. The van der Waals surface area contributed by atoms with Gasteiger partial charge in [-0.1, -0.05) is 60.1 Å². The summed E-state index contributed by atoms with van der Waals surface area (Å²) in [6, 6.07) is 22.4. The monoisotopic (exact) mass is 350 g/mol. The molecule has 3 aromatic carbocycles. The lowest BCUT2D eigenvalue weighted by Gasteiger charge is -2.05. The summed E-state index contributed by atoms with van der Waals surface area (Å²) < 4.78 is 0. The van der Waals surface area contributed by atoms with Gasteiger partial charge in [-0.05, 0) is 41.0 Å². The molecule has 4 nitrogen and oxygen atoms in total.